The van der Waals surface area contributed by atoms with Gasteiger partial charge in [-0.25, -0.2) is 0 Å². The van der Waals surface area contributed by atoms with Crippen molar-refractivity contribution in [2.75, 3.05) is 0 Å². The van der Waals surface area contributed by atoms with E-state index in [0.717, 1.165) is 0 Å². The molecule has 41 valence electrons. The van der Waals surface area contributed by atoms with E-state index in [1.165, 1.54) is 7.06 Å². The van der Waals surface area contributed by atoms with Crippen LogP contribution in [0.4, 0.5) is 0 Å². The first-order valence-corrected chi connectivity index (χ1v) is 4.00. The number of hydrogen-bond donors (Lipinski definition) is 0. The van der Waals surface area contributed by atoms with Crippen LogP contribution in [0.25, 0.3) is 0 Å². The molecule has 0 bridgehead atoms. The van der Waals surface area contributed by atoms with Crippen LogP contribution in [-0.4, -0.2) is 87.1 Å². The van der Waals surface area contributed by atoms with Crippen LogP contribution >= 0.6 is 0 Å². The molecule has 12 heteroatoms. The van der Waals surface area contributed by atoms with Gasteiger partial charge in [0, 0.05) is 87.1 Å². The predicted molar refractivity (Wildman–Crippen MR) is 72.8 cm³/mol. The van der Waals surface area contributed by atoms with Crippen molar-refractivity contribution in [1.82, 2.24) is 0 Å². The van der Waals surface area contributed by atoms with E-state index in [1.54, 1.807) is 0 Å². The summed E-state index contributed by atoms with van der Waals surface area (Å²) in [5, 5.41) is 0. The SMILES string of the molecule is [B][B]B(B([B])[B])C(B([B])[B])B([B])[B]. The highest BCUT2D eigenvalue weighted by Crippen LogP contribution is 2.11. The average molecular weight is 143 g/mol. The Morgan fingerprint density at radius 1 is 0.846 bits per heavy atom. The third-order valence-electron chi connectivity index (χ3n) is 2.00. The van der Waals surface area contributed by atoms with Crippen molar-refractivity contribution in [3.63, 3.8) is 0 Å². The van der Waals surface area contributed by atoms with Gasteiger partial charge in [0.25, 0.3) is 0 Å². The molecular weight excluding hydrogens is 142 g/mol. The molecule has 0 saturated carbocycles. The monoisotopic (exact) mass is 145 g/mol. The molecule has 0 unspecified atom stereocenters. The molecule has 0 spiro atoms. The Morgan fingerprint density at radius 3 is 1.31 bits per heavy atom. The highest BCUT2D eigenvalue weighted by Gasteiger charge is 2.30. The Kier molecular flexibility index (Phi) is 6.68. The predicted octanol–water partition coefficient (Wildman–Crippen LogP) is -4.23. The van der Waals surface area contributed by atoms with Crippen molar-refractivity contribution < 1.29 is 0 Å². The highest BCUT2D eigenvalue weighted by molar-refractivity contribution is 7.76. The second-order valence-corrected chi connectivity index (χ2v) is 3.08. The fourth-order valence-corrected chi connectivity index (χ4v) is 1.28. The lowest BCUT2D eigenvalue weighted by molar-refractivity contribution is 1.81. The van der Waals surface area contributed by atoms with E-state index in [0.29, 0.717) is 0 Å². The van der Waals surface area contributed by atoms with Gasteiger partial charge in [0.2, 0.25) is 0 Å². The third-order valence-corrected chi connectivity index (χ3v) is 2.00. The smallest absolute Gasteiger partial charge is 0.0295 e. The van der Waals surface area contributed by atoms with E-state index in [9.17, 15) is 0 Å². The quantitative estimate of drug-likeness (QED) is 0.342. The molecule has 0 aliphatic rings. The van der Waals surface area contributed by atoms with Crippen LogP contribution in [0.15, 0.2) is 0 Å². The van der Waals surface area contributed by atoms with E-state index < -0.39 is 25.0 Å². The van der Waals surface area contributed by atoms with Gasteiger partial charge in [0.1, 0.15) is 0 Å². The van der Waals surface area contributed by atoms with Crippen molar-refractivity contribution >= 4 is 87.1 Å². The van der Waals surface area contributed by atoms with Gasteiger partial charge in [0.05, 0.1) is 0 Å². The van der Waals surface area contributed by atoms with Crippen molar-refractivity contribution in [2.24, 2.45) is 0 Å². The summed E-state index contributed by atoms with van der Waals surface area (Å²) in [5.74, 6) is 0. The van der Waals surface area contributed by atoms with Gasteiger partial charge in [-0.3, -0.25) is 0 Å². The number of hydrogen-bond acceptors (Lipinski definition) is 0. The zero-order chi connectivity index (χ0) is 10.6. The third kappa shape index (κ3) is 4.21. The minimum atomic E-state index is -0.695. The summed E-state index contributed by atoms with van der Waals surface area (Å²) in [5.41, 5.74) is -0.426. The maximum Gasteiger partial charge on any atom is 0.0295 e. The summed E-state index contributed by atoms with van der Waals surface area (Å²) in [6.45, 7) is -1.78. The minimum absolute atomic E-state index is 0.389. The molecule has 0 nitrogen and oxygen atoms in total. The maximum absolute atomic E-state index is 5.48. The first-order chi connectivity index (χ1) is 5.91. The van der Waals surface area contributed by atoms with E-state index in [-0.39, 0.29) is 6.49 Å². The Labute approximate surface area is 92.9 Å². The largest absolute Gasteiger partial charge is 0.146 e. The number of rotatable bonds is 5. The van der Waals surface area contributed by atoms with E-state index in [4.69, 9.17) is 54.2 Å². The molecule has 13 heavy (non-hydrogen) atoms. The maximum atomic E-state index is 5.48. The molecule has 0 aliphatic carbocycles. The molecule has 0 heterocycles. The molecule has 0 amide bonds. The summed E-state index contributed by atoms with van der Waals surface area (Å²) in [6, 6.07) is 0. The summed E-state index contributed by atoms with van der Waals surface area (Å²) in [4.78, 5) is 0. The van der Waals surface area contributed by atoms with Crippen LogP contribution in [0.3, 0.4) is 0 Å². The molecule has 0 N–H and O–H groups in total. The summed E-state index contributed by atoms with van der Waals surface area (Å²) in [7, 11) is 39.5. The summed E-state index contributed by atoms with van der Waals surface area (Å²) in [6.07, 6.45) is -0.667. The Hall–Kier alpha value is 0.779. The molecule has 0 aromatic rings. The molecule has 0 fully saturated rings. The Balaban J connectivity index is 4.49. The van der Waals surface area contributed by atoms with Crippen molar-refractivity contribution in [1.29, 1.82) is 0 Å². The van der Waals surface area contributed by atoms with Crippen molar-refractivity contribution in [2.45, 2.75) is 5.62 Å². The zero-order valence-corrected chi connectivity index (χ0v) is 7.51. The molecule has 0 aromatic heterocycles. The van der Waals surface area contributed by atoms with Crippen LogP contribution in [0, 0.1) is 0 Å². The first kappa shape index (κ1) is 13.8. The summed E-state index contributed by atoms with van der Waals surface area (Å²) >= 11 is 0. The highest BCUT2D eigenvalue weighted by atomic mass is 13.6. The van der Waals surface area contributed by atoms with E-state index in [2.05, 4.69) is 0 Å². The topological polar surface area (TPSA) is 0 Å². The fraction of sp³-hybridized carbons (Fsp3) is 1.00. The first-order valence-electron chi connectivity index (χ1n) is 4.00. The van der Waals surface area contributed by atoms with E-state index in [1.807, 2.05) is 0 Å². The summed E-state index contributed by atoms with van der Waals surface area (Å²) < 4.78 is 0. The lowest BCUT2D eigenvalue weighted by atomic mass is 8.71. The molecule has 0 saturated heterocycles. The minimum Gasteiger partial charge on any atom is -0.146 e. The molecule has 0 rings (SSSR count). The van der Waals surface area contributed by atoms with Crippen molar-refractivity contribution in [3.05, 3.63) is 0 Å². The molecule has 0 atom stereocenters. The molecule has 15 radical (unpaired) electrons. The van der Waals surface area contributed by atoms with Gasteiger partial charge < -0.3 is 0 Å². The normalized spacial score (nSPS) is 9.31. The standard InChI is InChI=1S/CHB12/c2-9-12(13(7)8)1(10(3)4)11(5)6/h1H. The molecular formula is CHB12. The van der Waals surface area contributed by atoms with Crippen LogP contribution in [0.2, 0.25) is 5.62 Å². The second kappa shape index (κ2) is 6.30. The average Bonchev–Trinajstić information content (AvgIpc) is 1.97. The van der Waals surface area contributed by atoms with Crippen LogP contribution in [0.1, 0.15) is 0 Å². The van der Waals surface area contributed by atoms with Gasteiger partial charge in [-0.05, 0) is 0 Å². The Morgan fingerprint density at radius 2 is 1.23 bits per heavy atom. The van der Waals surface area contributed by atoms with Crippen LogP contribution in [0.5, 0.6) is 0 Å². The van der Waals surface area contributed by atoms with Crippen LogP contribution < -0.4 is 0 Å². The lowest BCUT2D eigenvalue weighted by Gasteiger charge is -2.33. The molecule has 0 aliphatic heterocycles. The van der Waals surface area contributed by atoms with Crippen molar-refractivity contribution in [3.8, 4) is 0 Å². The van der Waals surface area contributed by atoms with Gasteiger partial charge in [-0.2, -0.15) is 0 Å². The van der Waals surface area contributed by atoms with E-state index >= 15 is 0 Å². The second-order valence-electron chi connectivity index (χ2n) is 3.08. The fourth-order valence-electron chi connectivity index (χ4n) is 1.28. The Bertz CT molecular complexity index is 119. The molecule has 0 aromatic carbocycles. The lowest BCUT2D eigenvalue weighted by Crippen LogP contribution is -2.57. The van der Waals surface area contributed by atoms with Crippen LogP contribution in [-0.2, 0) is 0 Å². The van der Waals surface area contributed by atoms with Gasteiger partial charge in [-0.1, -0.05) is 0 Å². The van der Waals surface area contributed by atoms with Gasteiger partial charge in [0.15, 0.2) is 0 Å². The zero-order valence-electron chi connectivity index (χ0n) is 7.51. The van der Waals surface area contributed by atoms with Gasteiger partial charge in [-0.15, -0.1) is 5.62 Å². The van der Waals surface area contributed by atoms with Gasteiger partial charge >= 0.3 is 0 Å².